The average molecular weight is 380 g/mol. The Morgan fingerprint density at radius 3 is 2.74 bits per heavy atom. The lowest BCUT2D eigenvalue weighted by molar-refractivity contribution is 0.0977. The van der Waals surface area contributed by atoms with Gasteiger partial charge in [0.15, 0.2) is 11.4 Å². The molecule has 7 heteroatoms. The van der Waals surface area contributed by atoms with Gasteiger partial charge in [-0.05, 0) is 18.2 Å². The number of amidine groups is 1. The van der Waals surface area contributed by atoms with Crippen molar-refractivity contribution in [1.29, 1.82) is 5.26 Å². The van der Waals surface area contributed by atoms with Gasteiger partial charge in [-0.1, -0.05) is 48.2 Å². The van der Waals surface area contributed by atoms with Crippen LogP contribution in [0.1, 0.15) is 15.9 Å². The van der Waals surface area contributed by atoms with Crippen molar-refractivity contribution in [2.75, 3.05) is 18.8 Å². The molecule has 2 aromatic carbocycles. The fourth-order valence-corrected chi connectivity index (χ4v) is 4.82. The number of halogens is 1. The summed E-state index contributed by atoms with van der Waals surface area (Å²) in [6.07, 6.45) is 2.16. The molecule has 0 unspecified atom stereocenters. The number of aliphatic imine (C=N–C) groups is 1. The predicted molar refractivity (Wildman–Crippen MR) is 103 cm³/mol. The molecule has 2 aromatic rings. The Morgan fingerprint density at radius 2 is 2.00 bits per heavy atom. The van der Waals surface area contributed by atoms with Crippen LogP contribution in [-0.4, -0.2) is 34.8 Å². The minimum absolute atomic E-state index is 0.00331. The van der Waals surface area contributed by atoms with E-state index in [0.717, 1.165) is 0 Å². The van der Waals surface area contributed by atoms with Gasteiger partial charge in [0, 0.05) is 29.3 Å². The summed E-state index contributed by atoms with van der Waals surface area (Å²) in [4.78, 5) is 18.9. The molecule has 27 heavy (non-hydrogen) atoms. The number of amides is 1. The molecule has 1 amide bonds. The zero-order valence-electron chi connectivity index (χ0n) is 14.4. The Morgan fingerprint density at radius 1 is 1.26 bits per heavy atom. The zero-order chi connectivity index (χ0) is 18.9. The van der Waals surface area contributed by atoms with Crippen LogP contribution in [0.15, 0.2) is 59.6 Å². The van der Waals surface area contributed by atoms with E-state index in [4.69, 9.17) is 4.99 Å². The Bertz CT molecular complexity index is 942. The second-order valence-corrected chi connectivity index (χ2v) is 7.64. The SMILES string of the molecule is N#CN1C[C@H]2CSC(NC(=O)c3ccccc3)=N[C@@]2(c2ccccc2F)C1. The Kier molecular flexibility index (Phi) is 4.58. The van der Waals surface area contributed by atoms with Gasteiger partial charge < -0.3 is 10.2 Å². The van der Waals surface area contributed by atoms with Crippen molar-refractivity contribution in [3.05, 3.63) is 71.5 Å². The molecule has 1 fully saturated rings. The van der Waals surface area contributed by atoms with Crippen LogP contribution in [0.25, 0.3) is 0 Å². The van der Waals surface area contributed by atoms with Crippen molar-refractivity contribution >= 4 is 22.8 Å². The van der Waals surface area contributed by atoms with E-state index in [0.29, 0.717) is 35.1 Å². The minimum Gasteiger partial charge on any atom is -0.307 e. The smallest absolute Gasteiger partial charge is 0.257 e. The summed E-state index contributed by atoms with van der Waals surface area (Å²) < 4.78 is 14.6. The van der Waals surface area contributed by atoms with Gasteiger partial charge in [-0.2, -0.15) is 5.26 Å². The van der Waals surface area contributed by atoms with Gasteiger partial charge in [-0.3, -0.25) is 4.79 Å². The third-order valence-electron chi connectivity index (χ3n) is 5.01. The Balaban J connectivity index is 1.71. The largest absolute Gasteiger partial charge is 0.307 e. The van der Waals surface area contributed by atoms with Crippen LogP contribution in [-0.2, 0) is 5.54 Å². The fraction of sp³-hybridized carbons (Fsp3) is 0.250. The van der Waals surface area contributed by atoms with Gasteiger partial charge in [0.2, 0.25) is 0 Å². The van der Waals surface area contributed by atoms with Crippen LogP contribution < -0.4 is 5.32 Å². The molecule has 4 rings (SSSR count). The number of hydrogen-bond donors (Lipinski definition) is 1. The molecule has 1 N–H and O–H groups in total. The topological polar surface area (TPSA) is 68.5 Å². The molecule has 2 aliphatic rings. The molecule has 0 saturated carbocycles. The predicted octanol–water partition coefficient (Wildman–Crippen LogP) is 2.97. The molecular weight excluding hydrogens is 363 g/mol. The number of nitriles is 1. The molecular formula is C20H17FN4OS. The summed E-state index contributed by atoms with van der Waals surface area (Å²) in [5.74, 6) is 0.0580. The first-order chi connectivity index (χ1) is 13.1. The Labute approximate surface area is 160 Å². The number of likely N-dealkylation sites (tertiary alicyclic amines) is 1. The lowest BCUT2D eigenvalue weighted by atomic mass is 9.81. The summed E-state index contributed by atoms with van der Waals surface area (Å²) in [5, 5.41) is 12.7. The lowest BCUT2D eigenvalue weighted by Gasteiger charge is -2.35. The molecule has 1 saturated heterocycles. The van der Waals surface area contributed by atoms with Gasteiger partial charge in [-0.25, -0.2) is 9.38 Å². The van der Waals surface area contributed by atoms with Crippen molar-refractivity contribution in [3.8, 4) is 6.19 Å². The Hall–Kier alpha value is -2.85. The van der Waals surface area contributed by atoms with Crippen molar-refractivity contribution in [2.45, 2.75) is 5.54 Å². The molecule has 0 spiro atoms. The average Bonchev–Trinajstić information content (AvgIpc) is 3.08. The first-order valence-corrected chi connectivity index (χ1v) is 9.60. The van der Waals surface area contributed by atoms with E-state index in [-0.39, 0.29) is 17.6 Å². The number of nitrogens with zero attached hydrogens (tertiary/aromatic N) is 3. The molecule has 2 heterocycles. The summed E-state index contributed by atoms with van der Waals surface area (Å²) in [6.45, 7) is 0.835. The molecule has 5 nitrogen and oxygen atoms in total. The van der Waals surface area contributed by atoms with Crippen molar-refractivity contribution in [3.63, 3.8) is 0 Å². The van der Waals surface area contributed by atoms with E-state index < -0.39 is 5.54 Å². The number of fused-ring (bicyclic) bond motifs is 1. The summed E-state index contributed by atoms with van der Waals surface area (Å²) in [5.41, 5.74) is 0.137. The lowest BCUT2D eigenvalue weighted by Crippen LogP contribution is -2.43. The van der Waals surface area contributed by atoms with E-state index >= 15 is 0 Å². The molecule has 0 aromatic heterocycles. The standard InChI is InChI=1S/C20H17FN4OS/c21-17-9-5-4-8-16(17)20-12-25(13-22)10-15(20)11-27-19(24-20)23-18(26)14-6-2-1-3-7-14/h1-9,15H,10-12H2,(H,23,24,26)/t15-,20-/m0/s1. The fourth-order valence-electron chi connectivity index (χ4n) is 3.69. The number of benzene rings is 2. The van der Waals surface area contributed by atoms with Crippen molar-refractivity contribution in [2.24, 2.45) is 10.9 Å². The summed E-state index contributed by atoms with van der Waals surface area (Å²) in [6, 6.07) is 15.4. The maximum Gasteiger partial charge on any atom is 0.257 e. The molecule has 2 atom stereocenters. The van der Waals surface area contributed by atoms with Crippen LogP contribution in [0.4, 0.5) is 4.39 Å². The maximum absolute atomic E-state index is 14.6. The molecule has 0 bridgehead atoms. The number of rotatable bonds is 2. The second-order valence-electron chi connectivity index (χ2n) is 6.63. The van der Waals surface area contributed by atoms with E-state index in [1.165, 1.54) is 17.8 Å². The van der Waals surface area contributed by atoms with Crippen LogP contribution in [0.3, 0.4) is 0 Å². The highest BCUT2D eigenvalue weighted by Crippen LogP contribution is 2.46. The highest BCUT2D eigenvalue weighted by molar-refractivity contribution is 8.13. The first kappa shape index (κ1) is 17.6. The quantitative estimate of drug-likeness (QED) is 0.814. The number of nitrogens with one attached hydrogen (secondary N) is 1. The van der Waals surface area contributed by atoms with Crippen LogP contribution >= 0.6 is 11.8 Å². The third-order valence-corrected chi connectivity index (χ3v) is 6.04. The van der Waals surface area contributed by atoms with Crippen LogP contribution in [0.2, 0.25) is 0 Å². The minimum atomic E-state index is -0.869. The number of thioether (sulfide) groups is 1. The molecule has 136 valence electrons. The van der Waals surface area contributed by atoms with E-state index in [9.17, 15) is 14.4 Å². The van der Waals surface area contributed by atoms with Crippen molar-refractivity contribution in [1.82, 2.24) is 10.2 Å². The molecule has 0 radical (unpaired) electrons. The summed E-state index contributed by atoms with van der Waals surface area (Å²) >= 11 is 1.43. The normalized spacial score (nSPS) is 23.9. The van der Waals surface area contributed by atoms with Gasteiger partial charge >= 0.3 is 0 Å². The molecule has 2 aliphatic heterocycles. The highest BCUT2D eigenvalue weighted by atomic mass is 32.2. The number of hydrogen-bond acceptors (Lipinski definition) is 5. The van der Waals surface area contributed by atoms with Gasteiger partial charge in [0.05, 0.1) is 6.54 Å². The monoisotopic (exact) mass is 380 g/mol. The van der Waals surface area contributed by atoms with E-state index in [1.807, 2.05) is 6.07 Å². The first-order valence-electron chi connectivity index (χ1n) is 8.61. The maximum atomic E-state index is 14.6. The van der Waals surface area contributed by atoms with E-state index in [2.05, 4.69) is 11.5 Å². The zero-order valence-corrected chi connectivity index (χ0v) is 15.2. The number of carbonyl (C=O) groups is 1. The van der Waals surface area contributed by atoms with Gasteiger partial charge in [-0.15, -0.1) is 0 Å². The summed E-state index contributed by atoms with van der Waals surface area (Å²) in [7, 11) is 0. The van der Waals surface area contributed by atoms with Gasteiger partial charge in [0.25, 0.3) is 5.91 Å². The van der Waals surface area contributed by atoms with Crippen molar-refractivity contribution < 1.29 is 9.18 Å². The second kappa shape index (κ2) is 7.05. The number of carbonyl (C=O) groups excluding carboxylic acids is 1. The van der Waals surface area contributed by atoms with E-state index in [1.54, 1.807) is 47.4 Å². The third kappa shape index (κ3) is 3.17. The highest BCUT2D eigenvalue weighted by Gasteiger charge is 2.51. The van der Waals surface area contributed by atoms with Crippen LogP contribution in [0, 0.1) is 23.2 Å². The van der Waals surface area contributed by atoms with Crippen LogP contribution in [0.5, 0.6) is 0 Å². The van der Waals surface area contributed by atoms with Gasteiger partial charge in [0.1, 0.15) is 11.4 Å². The molecule has 0 aliphatic carbocycles.